The van der Waals surface area contributed by atoms with Gasteiger partial charge in [-0.3, -0.25) is 0 Å². The molecule has 0 amide bonds. The van der Waals surface area contributed by atoms with E-state index in [0.29, 0.717) is 12.3 Å². The molecule has 1 N–H and O–H groups in total. The standard InChI is InChI=1S/C16H14BrFN2O/c1-21-9-8-11-4-2-3-5-13(11)20-14-7-6-12(10-19)15(17)16(14)18/h2-7,20H,8-9H2,1H3. The molecule has 0 aromatic heterocycles. The lowest BCUT2D eigenvalue weighted by atomic mass is 10.1. The van der Waals surface area contributed by atoms with Gasteiger partial charge in [-0.15, -0.1) is 0 Å². The van der Waals surface area contributed by atoms with Crippen molar-refractivity contribution in [2.45, 2.75) is 6.42 Å². The Bertz CT molecular complexity index is 682. The Morgan fingerprint density at radius 3 is 2.71 bits per heavy atom. The van der Waals surface area contributed by atoms with Crippen LogP contribution in [0.5, 0.6) is 0 Å². The van der Waals surface area contributed by atoms with Gasteiger partial charge in [-0.05, 0) is 46.1 Å². The van der Waals surface area contributed by atoms with Crippen molar-refractivity contribution < 1.29 is 9.13 Å². The molecule has 0 saturated heterocycles. The van der Waals surface area contributed by atoms with Gasteiger partial charge in [0.25, 0.3) is 0 Å². The van der Waals surface area contributed by atoms with Crippen molar-refractivity contribution in [3.05, 3.63) is 57.8 Å². The maximum absolute atomic E-state index is 14.2. The molecule has 0 spiro atoms. The van der Waals surface area contributed by atoms with Gasteiger partial charge in [0, 0.05) is 12.8 Å². The SMILES string of the molecule is COCCc1ccccc1Nc1ccc(C#N)c(Br)c1F. The molecule has 0 fully saturated rings. The van der Waals surface area contributed by atoms with E-state index in [1.165, 1.54) is 0 Å². The number of hydrogen-bond acceptors (Lipinski definition) is 3. The van der Waals surface area contributed by atoms with Gasteiger partial charge in [-0.25, -0.2) is 4.39 Å². The summed E-state index contributed by atoms with van der Waals surface area (Å²) < 4.78 is 19.5. The minimum absolute atomic E-state index is 0.171. The van der Waals surface area contributed by atoms with E-state index in [0.717, 1.165) is 17.7 Å². The summed E-state index contributed by atoms with van der Waals surface area (Å²) in [4.78, 5) is 0. The summed E-state index contributed by atoms with van der Waals surface area (Å²) in [7, 11) is 1.65. The number of ether oxygens (including phenoxy) is 1. The molecule has 0 unspecified atom stereocenters. The number of rotatable bonds is 5. The average Bonchev–Trinajstić information content (AvgIpc) is 2.51. The predicted octanol–water partition coefficient (Wildman–Crippen LogP) is 4.39. The summed E-state index contributed by atoms with van der Waals surface area (Å²) >= 11 is 3.11. The first-order valence-electron chi connectivity index (χ1n) is 6.39. The summed E-state index contributed by atoms with van der Waals surface area (Å²) in [6.07, 6.45) is 0.735. The lowest BCUT2D eigenvalue weighted by Gasteiger charge is -2.13. The highest BCUT2D eigenvalue weighted by Crippen LogP contribution is 2.30. The van der Waals surface area contributed by atoms with Crippen LogP contribution in [-0.4, -0.2) is 13.7 Å². The average molecular weight is 349 g/mol. The lowest BCUT2D eigenvalue weighted by molar-refractivity contribution is 0.202. The van der Waals surface area contributed by atoms with E-state index >= 15 is 0 Å². The smallest absolute Gasteiger partial charge is 0.162 e. The van der Waals surface area contributed by atoms with Crippen LogP contribution in [0, 0.1) is 17.1 Å². The highest BCUT2D eigenvalue weighted by molar-refractivity contribution is 9.10. The summed E-state index contributed by atoms with van der Waals surface area (Å²) in [6.45, 7) is 0.595. The molecule has 0 aliphatic heterocycles. The van der Waals surface area contributed by atoms with Gasteiger partial charge >= 0.3 is 0 Å². The summed E-state index contributed by atoms with van der Waals surface area (Å²) in [6, 6.07) is 12.7. The van der Waals surface area contributed by atoms with Crippen molar-refractivity contribution in [3.8, 4) is 6.07 Å². The fraction of sp³-hybridized carbons (Fsp3) is 0.188. The van der Waals surface area contributed by atoms with Gasteiger partial charge in [0.2, 0.25) is 0 Å². The van der Waals surface area contributed by atoms with Crippen LogP contribution in [0.15, 0.2) is 40.9 Å². The molecule has 5 heteroatoms. The van der Waals surface area contributed by atoms with Gasteiger partial charge in [-0.1, -0.05) is 18.2 Å². The third-order valence-electron chi connectivity index (χ3n) is 3.06. The van der Waals surface area contributed by atoms with Crippen LogP contribution >= 0.6 is 15.9 Å². The zero-order valence-electron chi connectivity index (χ0n) is 11.5. The zero-order chi connectivity index (χ0) is 15.2. The number of methoxy groups -OCH3 is 1. The van der Waals surface area contributed by atoms with Gasteiger partial charge in [0.1, 0.15) is 6.07 Å². The normalized spacial score (nSPS) is 10.2. The summed E-state index contributed by atoms with van der Waals surface area (Å²) in [5.74, 6) is -0.476. The molecule has 0 heterocycles. The second kappa shape index (κ2) is 7.21. The molecule has 0 bridgehead atoms. The molecule has 0 aliphatic rings. The Balaban J connectivity index is 2.31. The number of para-hydroxylation sites is 1. The molecular weight excluding hydrogens is 335 g/mol. The Labute approximate surface area is 131 Å². The van der Waals surface area contributed by atoms with Gasteiger partial charge in [0.15, 0.2) is 5.82 Å². The molecule has 108 valence electrons. The maximum Gasteiger partial charge on any atom is 0.162 e. The second-order valence-corrected chi connectivity index (χ2v) is 5.22. The molecule has 0 atom stereocenters. The Kier molecular flexibility index (Phi) is 5.32. The van der Waals surface area contributed by atoms with E-state index in [4.69, 9.17) is 10.00 Å². The number of benzene rings is 2. The Hall–Kier alpha value is -1.90. The largest absolute Gasteiger partial charge is 0.384 e. The molecule has 0 radical (unpaired) electrons. The highest BCUT2D eigenvalue weighted by Gasteiger charge is 2.12. The highest BCUT2D eigenvalue weighted by atomic mass is 79.9. The van der Waals surface area contributed by atoms with Crippen LogP contribution in [0.4, 0.5) is 15.8 Å². The minimum atomic E-state index is -0.476. The summed E-state index contributed by atoms with van der Waals surface area (Å²) in [5.41, 5.74) is 2.46. The molecule has 3 nitrogen and oxygen atoms in total. The van der Waals surface area contributed by atoms with Gasteiger partial charge in [-0.2, -0.15) is 5.26 Å². The van der Waals surface area contributed by atoms with E-state index < -0.39 is 5.82 Å². The topological polar surface area (TPSA) is 45.0 Å². The molecular formula is C16H14BrFN2O. The van der Waals surface area contributed by atoms with E-state index in [1.54, 1.807) is 19.2 Å². The third-order valence-corrected chi connectivity index (χ3v) is 3.84. The fourth-order valence-electron chi connectivity index (χ4n) is 1.95. The van der Waals surface area contributed by atoms with Crippen molar-refractivity contribution in [2.24, 2.45) is 0 Å². The first-order valence-corrected chi connectivity index (χ1v) is 7.18. The second-order valence-electron chi connectivity index (χ2n) is 4.43. The van der Waals surface area contributed by atoms with E-state index in [9.17, 15) is 4.39 Å². The Morgan fingerprint density at radius 2 is 2.00 bits per heavy atom. The van der Waals surface area contributed by atoms with Gasteiger partial charge < -0.3 is 10.1 Å². The fourth-order valence-corrected chi connectivity index (χ4v) is 2.38. The molecule has 0 saturated carbocycles. The molecule has 0 aliphatic carbocycles. The van der Waals surface area contributed by atoms with Gasteiger partial charge in [0.05, 0.1) is 22.3 Å². The number of nitrogens with zero attached hydrogens (tertiary/aromatic N) is 1. The van der Waals surface area contributed by atoms with Crippen LogP contribution in [0.1, 0.15) is 11.1 Å². The monoisotopic (exact) mass is 348 g/mol. The molecule has 2 aromatic carbocycles. The molecule has 2 rings (SSSR count). The van der Waals surface area contributed by atoms with Crippen LogP contribution in [0.3, 0.4) is 0 Å². The van der Waals surface area contributed by atoms with Crippen LogP contribution in [0.2, 0.25) is 0 Å². The van der Waals surface area contributed by atoms with Crippen molar-refractivity contribution >= 4 is 27.3 Å². The molecule has 21 heavy (non-hydrogen) atoms. The quantitative estimate of drug-likeness (QED) is 0.871. The maximum atomic E-state index is 14.2. The Morgan fingerprint density at radius 1 is 1.24 bits per heavy atom. The number of nitriles is 1. The number of anilines is 2. The van der Waals surface area contributed by atoms with Crippen molar-refractivity contribution in [2.75, 3.05) is 19.0 Å². The third kappa shape index (κ3) is 3.60. The van der Waals surface area contributed by atoms with E-state index in [-0.39, 0.29) is 10.0 Å². The van der Waals surface area contributed by atoms with Crippen LogP contribution in [0.25, 0.3) is 0 Å². The lowest BCUT2D eigenvalue weighted by Crippen LogP contribution is -2.02. The number of hydrogen-bond donors (Lipinski definition) is 1. The first-order chi connectivity index (χ1) is 10.2. The summed E-state index contributed by atoms with van der Waals surface area (Å²) in [5, 5.41) is 12.0. The zero-order valence-corrected chi connectivity index (χ0v) is 13.1. The van der Waals surface area contributed by atoms with Crippen LogP contribution < -0.4 is 5.32 Å². The molecule has 2 aromatic rings. The van der Waals surface area contributed by atoms with E-state index in [2.05, 4.69) is 21.2 Å². The van der Waals surface area contributed by atoms with Crippen molar-refractivity contribution in [1.29, 1.82) is 5.26 Å². The van der Waals surface area contributed by atoms with Crippen LogP contribution in [-0.2, 0) is 11.2 Å². The van der Waals surface area contributed by atoms with Crippen molar-refractivity contribution in [3.63, 3.8) is 0 Å². The first kappa shape index (κ1) is 15.5. The van der Waals surface area contributed by atoms with Crippen molar-refractivity contribution in [1.82, 2.24) is 0 Å². The minimum Gasteiger partial charge on any atom is -0.384 e. The van der Waals surface area contributed by atoms with E-state index in [1.807, 2.05) is 30.3 Å². The predicted molar refractivity (Wildman–Crippen MR) is 84.1 cm³/mol. The number of halogens is 2. The number of nitrogens with one attached hydrogen (secondary N) is 1.